The molecular formula is C20H34O. The molecule has 120 valence electrons. The second-order valence-corrected chi connectivity index (χ2v) is 3.97. The summed E-state index contributed by atoms with van der Waals surface area (Å²) in [6.07, 6.45) is 11.8. The lowest BCUT2D eigenvalue weighted by Gasteiger charge is -2.02. The SMILES string of the molecule is C=C/C(=C\C=C(C)C)C(=O)C(/C=C\C)=C/CC.CC.CC. The predicted octanol–water partition coefficient (Wildman–Crippen LogP) is 6.60. The second kappa shape index (κ2) is 18.4. The van der Waals surface area contributed by atoms with Gasteiger partial charge in [0.15, 0.2) is 5.78 Å². The van der Waals surface area contributed by atoms with Crippen molar-refractivity contribution in [3.05, 3.63) is 59.8 Å². The van der Waals surface area contributed by atoms with E-state index in [-0.39, 0.29) is 5.78 Å². The minimum Gasteiger partial charge on any atom is -0.289 e. The number of ketones is 1. The highest BCUT2D eigenvalue weighted by molar-refractivity contribution is 6.11. The van der Waals surface area contributed by atoms with Crippen LogP contribution < -0.4 is 0 Å². The van der Waals surface area contributed by atoms with Crippen LogP contribution >= 0.6 is 0 Å². The van der Waals surface area contributed by atoms with Crippen LogP contribution in [0.4, 0.5) is 0 Å². The van der Waals surface area contributed by atoms with E-state index in [1.54, 1.807) is 6.08 Å². The molecule has 0 aromatic carbocycles. The third kappa shape index (κ3) is 13.1. The molecule has 21 heavy (non-hydrogen) atoms. The lowest BCUT2D eigenvalue weighted by atomic mass is 10.0. The molecule has 1 heteroatoms. The number of Topliss-reactive ketones (excluding diaryl/α,β-unsaturated/α-hetero) is 1. The zero-order valence-corrected chi connectivity index (χ0v) is 15.3. The average Bonchev–Trinajstić information content (AvgIpc) is 2.51. The summed E-state index contributed by atoms with van der Waals surface area (Å²) in [6.45, 7) is 19.6. The lowest BCUT2D eigenvalue weighted by Crippen LogP contribution is -2.03. The minimum atomic E-state index is 0.0254. The van der Waals surface area contributed by atoms with Crippen LogP contribution in [0.5, 0.6) is 0 Å². The van der Waals surface area contributed by atoms with Gasteiger partial charge in [-0.1, -0.05) is 83.2 Å². The normalized spacial score (nSPS) is 10.9. The summed E-state index contributed by atoms with van der Waals surface area (Å²) in [5.74, 6) is 0.0254. The van der Waals surface area contributed by atoms with E-state index in [1.807, 2.05) is 85.8 Å². The molecule has 0 bridgehead atoms. The maximum absolute atomic E-state index is 12.2. The van der Waals surface area contributed by atoms with Crippen molar-refractivity contribution >= 4 is 5.78 Å². The molecule has 0 rings (SSSR count). The van der Waals surface area contributed by atoms with E-state index in [0.29, 0.717) is 5.57 Å². The molecule has 0 aliphatic heterocycles. The summed E-state index contributed by atoms with van der Waals surface area (Å²) in [7, 11) is 0. The first-order valence-corrected chi connectivity index (χ1v) is 7.92. The number of hydrogen-bond acceptors (Lipinski definition) is 1. The molecule has 0 fully saturated rings. The second-order valence-electron chi connectivity index (χ2n) is 3.97. The van der Waals surface area contributed by atoms with E-state index < -0.39 is 0 Å². The highest BCUT2D eigenvalue weighted by atomic mass is 16.1. The maximum Gasteiger partial charge on any atom is 0.192 e. The van der Waals surface area contributed by atoms with Crippen molar-refractivity contribution in [3.63, 3.8) is 0 Å². The van der Waals surface area contributed by atoms with Crippen LogP contribution in [0.15, 0.2) is 59.8 Å². The van der Waals surface area contributed by atoms with Gasteiger partial charge >= 0.3 is 0 Å². The predicted molar refractivity (Wildman–Crippen MR) is 98.6 cm³/mol. The monoisotopic (exact) mass is 290 g/mol. The van der Waals surface area contributed by atoms with Crippen LogP contribution in [-0.4, -0.2) is 5.78 Å². The molecule has 1 nitrogen and oxygen atoms in total. The summed E-state index contributed by atoms with van der Waals surface area (Å²) >= 11 is 0. The topological polar surface area (TPSA) is 17.1 Å². The van der Waals surface area contributed by atoms with Gasteiger partial charge in [-0.25, -0.2) is 0 Å². The van der Waals surface area contributed by atoms with E-state index in [2.05, 4.69) is 6.58 Å². The summed E-state index contributed by atoms with van der Waals surface area (Å²) in [4.78, 5) is 12.2. The Morgan fingerprint density at radius 2 is 1.52 bits per heavy atom. The Hall–Kier alpha value is -1.63. The van der Waals surface area contributed by atoms with Crippen molar-refractivity contribution in [3.8, 4) is 0 Å². The van der Waals surface area contributed by atoms with Crippen molar-refractivity contribution < 1.29 is 4.79 Å². The number of hydrogen-bond donors (Lipinski definition) is 0. The van der Waals surface area contributed by atoms with E-state index in [4.69, 9.17) is 0 Å². The Labute approximate surface area is 132 Å². The van der Waals surface area contributed by atoms with Crippen LogP contribution in [0, 0.1) is 0 Å². The third-order valence-corrected chi connectivity index (χ3v) is 2.11. The first-order valence-electron chi connectivity index (χ1n) is 7.92. The summed E-state index contributed by atoms with van der Waals surface area (Å²) in [5.41, 5.74) is 2.51. The molecule has 0 unspecified atom stereocenters. The standard InChI is InChI=1S/C16H22O.2C2H6/c1-6-9-15(10-7-2)16(17)14(8-3)12-11-13(4)5;2*1-2/h6,8-12H,3,7H2,1-2,4-5H3;2*1-2H3/b9-6-,14-12+,15-10+;;. The Morgan fingerprint density at radius 1 is 1.00 bits per heavy atom. The smallest absolute Gasteiger partial charge is 0.192 e. The van der Waals surface area contributed by atoms with Crippen LogP contribution in [0.1, 0.15) is 61.8 Å². The third-order valence-electron chi connectivity index (χ3n) is 2.11. The van der Waals surface area contributed by atoms with Gasteiger partial charge < -0.3 is 0 Å². The molecule has 0 heterocycles. The fourth-order valence-corrected chi connectivity index (χ4v) is 1.30. The molecule has 0 spiro atoms. The van der Waals surface area contributed by atoms with Gasteiger partial charge in [-0.3, -0.25) is 4.79 Å². The number of allylic oxidation sites excluding steroid dienone is 9. The summed E-state index contributed by atoms with van der Waals surface area (Å²) < 4.78 is 0. The Bertz CT molecular complexity index is 386. The van der Waals surface area contributed by atoms with Crippen LogP contribution in [0.25, 0.3) is 0 Å². The molecule has 0 saturated heterocycles. The van der Waals surface area contributed by atoms with Crippen molar-refractivity contribution in [2.45, 2.75) is 61.8 Å². The molecule has 0 atom stereocenters. The molecule has 0 aliphatic rings. The lowest BCUT2D eigenvalue weighted by molar-refractivity contribution is -0.111. The van der Waals surface area contributed by atoms with Gasteiger partial charge in [-0.05, 0) is 27.2 Å². The van der Waals surface area contributed by atoms with Crippen LogP contribution in [0.3, 0.4) is 0 Å². The van der Waals surface area contributed by atoms with Crippen molar-refractivity contribution in [1.29, 1.82) is 0 Å². The molecule has 0 amide bonds. The molecule has 0 aliphatic carbocycles. The molecular weight excluding hydrogens is 256 g/mol. The van der Waals surface area contributed by atoms with Gasteiger partial charge in [0.2, 0.25) is 0 Å². The fourth-order valence-electron chi connectivity index (χ4n) is 1.30. The highest BCUT2D eigenvalue weighted by Crippen LogP contribution is 2.11. The molecule has 0 aromatic heterocycles. The number of carbonyl (C=O) groups is 1. The zero-order valence-electron chi connectivity index (χ0n) is 15.3. The Balaban J connectivity index is -0.000000739. The van der Waals surface area contributed by atoms with E-state index >= 15 is 0 Å². The van der Waals surface area contributed by atoms with Gasteiger partial charge in [-0.2, -0.15) is 0 Å². The van der Waals surface area contributed by atoms with E-state index in [9.17, 15) is 4.79 Å². The number of carbonyl (C=O) groups excluding carboxylic acids is 1. The molecule has 0 radical (unpaired) electrons. The zero-order chi connectivity index (χ0) is 17.3. The van der Waals surface area contributed by atoms with Gasteiger partial charge in [0.1, 0.15) is 0 Å². The van der Waals surface area contributed by atoms with Gasteiger partial charge in [-0.15, -0.1) is 0 Å². The van der Waals surface area contributed by atoms with Gasteiger partial charge in [0, 0.05) is 11.1 Å². The number of rotatable bonds is 6. The van der Waals surface area contributed by atoms with E-state index in [1.165, 1.54) is 0 Å². The Morgan fingerprint density at radius 3 is 1.86 bits per heavy atom. The summed E-state index contributed by atoms with van der Waals surface area (Å²) in [5, 5.41) is 0. The minimum absolute atomic E-state index is 0.0254. The van der Waals surface area contributed by atoms with Crippen molar-refractivity contribution in [1.82, 2.24) is 0 Å². The fraction of sp³-hybridized carbons (Fsp3) is 0.450. The van der Waals surface area contributed by atoms with Crippen LogP contribution in [-0.2, 0) is 4.79 Å². The summed E-state index contributed by atoms with van der Waals surface area (Å²) in [6, 6.07) is 0. The van der Waals surface area contributed by atoms with Gasteiger partial charge in [0.25, 0.3) is 0 Å². The highest BCUT2D eigenvalue weighted by Gasteiger charge is 2.08. The van der Waals surface area contributed by atoms with Crippen LogP contribution in [0.2, 0.25) is 0 Å². The van der Waals surface area contributed by atoms with Crippen molar-refractivity contribution in [2.24, 2.45) is 0 Å². The molecule has 0 N–H and O–H groups in total. The van der Waals surface area contributed by atoms with Gasteiger partial charge in [0.05, 0.1) is 0 Å². The Kier molecular flexibility index (Phi) is 21.3. The average molecular weight is 290 g/mol. The first kappa shape index (κ1) is 24.4. The molecule has 0 aromatic rings. The van der Waals surface area contributed by atoms with Crippen molar-refractivity contribution in [2.75, 3.05) is 0 Å². The quantitative estimate of drug-likeness (QED) is 0.398. The van der Waals surface area contributed by atoms with E-state index in [0.717, 1.165) is 17.6 Å². The maximum atomic E-state index is 12.2. The largest absolute Gasteiger partial charge is 0.289 e. The first-order chi connectivity index (χ1) is 10.1. The molecule has 0 saturated carbocycles.